The van der Waals surface area contributed by atoms with Gasteiger partial charge in [-0.1, -0.05) is 24.3 Å². The molecule has 3 heteroatoms. The maximum atomic E-state index is 11.9. The summed E-state index contributed by atoms with van der Waals surface area (Å²) in [7, 11) is 0. The average Bonchev–Trinajstić information content (AvgIpc) is 2.78. The van der Waals surface area contributed by atoms with E-state index < -0.39 is 0 Å². The summed E-state index contributed by atoms with van der Waals surface area (Å²) >= 11 is 0. The third-order valence-electron chi connectivity index (χ3n) is 2.95. The van der Waals surface area contributed by atoms with Gasteiger partial charge >= 0.3 is 6.03 Å². The van der Waals surface area contributed by atoms with E-state index in [0.29, 0.717) is 13.1 Å². The molecule has 1 heterocycles. The molecule has 0 fully saturated rings. The van der Waals surface area contributed by atoms with Crippen LogP contribution in [0.4, 0.5) is 10.5 Å². The van der Waals surface area contributed by atoms with Crippen molar-refractivity contribution < 1.29 is 4.79 Å². The number of nitrogens with zero attached hydrogens (tertiary/aromatic N) is 1. The summed E-state index contributed by atoms with van der Waals surface area (Å²) in [5.74, 6) is 0. The maximum Gasteiger partial charge on any atom is 0.322 e. The molecule has 3 nitrogen and oxygen atoms in total. The van der Waals surface area contributed by atoms with Gasteiger partial charge in [-0.15, -0.1) is 0 Å². The number of urea groups is 1. The highest BCUT2D eigenvalue weighted by Crippen LogP contribution is 2.18. The summed E-state index contributed by atoms with van der Waals surface area (Å²) in [4.78, 5) is 13.6. The van der Waals surface area contributed by atoms with E-state index in [-0.39, 0.29) is 6.03 Å². The molecule has 2 rings (SSSR count). The standard InChI is InChI=1S/C13H16N2O/c1-10-6-5-7-12(11(10)2)14-13(16)15-8-3-4-9-15/h3-7H,8-9H2,1-2H3,(H,14,16). The molecular formula is C13H16N2O. The largest absolute Gasteiger partial charge is 0.322 e. The minimum absolute atomic E-state index is 0.0290. The molecule has 2 amide bonds. The van der Waals surface area contributed by atoms with Crippen molar-refractivity contribution in [3.8, 4) is 0 Å². The van der Waals surface area contributed by atoms with Crippen LogP contribution in [0.1, 0.15) is 11.1 Å². The van der Waals surface area contributed by atoms with Gasteiger partial charge in [0.25, 0.3) is 0 Å². The van der Waals surface area contributed by atoms with Crippen LogP contribution >= 0.6 is 0 Å². The van der Waals surface area contributed by atoms with Crippen molar-refractivity contribution in [3.63, 3.8) is 0 Å². The van der Waals surface area contributed by atoms with Crippen molar-refractivity contribution >= 4 is 11.7 Å². The zero-order chi connectivity index (χ0) is 11.5. The Kier molecular flexibility index (Phi) is 2.95. The second kappa shape index (κ2) is 4.39. The Morgan fingerprint density at radius 2 is 1.94 bits per heavy atom. The third-order valence-corrected chi connectivity index (χ3v) is 2.95. The molecule has 84 valence electrons. The predicted octanol–water partition coefficient (Wildman–Crippen LogP) is 2.71. The first-order chi connectivity index (χ1) is 7.68. The zero-order valence-corrected chi connectivity index (χ0v) is 9.66. The van der Waals surface area contributed by atoms with E-state index in [1.807, 2.05) is 44.2 Å². The molecule has 0 saturated carbocycles. The Hall–Kier alpha value is -1.77. The van der Waals surface area contributed by atoms with Gasteiger partial charge in [0.1, 0.15) is 0 Å². The van der Waals surface area contributed by atoms with Crippen molar-refractivity contribution in [1.82, 2.24) is 4.90 Å². The van der Waals surface area contributed by atoms with Crippen LogP contribution in [0.3, 0.4) is 0 Å². The lowest BCUT2D eigenvalue weighted by molar-refractivity contribution is 0.224. The third kappa shape index (κ3) is 2.08. The molecule has 0 unspecified atom stereocenters. The van der Waals surface area contributed by atoms with Gasteiger partial charge in [0.15, 0.2) is 0 Å². The molecule has 1 aromatic rings. The molecule has 0 radical (unpaired) electrons. The van der Waals surface area contributed by atoms with Gasteiger partial charge in [0.2, 0.25) is 0 Å². The Balaban J connectivity index is 2.09. The molecule has 1 aromatic carbocycles. The molecule has 0 saturated heterocycles. The van der Waals surface area contributed by atoms with Crippen molar-refractivity contribution in [2.45, 2.75) is 13.8 Å². The molecule has 0 aromatic heterocycles. The first-order valence-corrected chi connectivity index (χ1v) is 5.45. The van der Waals surface area contributed by atoms with E-state index in [0.717, 1.165) is 11.3 Å². The summed E-state index contributed by atoms with van der Waals surface area (Å²) in [5.41, 5.74) is 3.22. The van der Waals surface area contributed by atoms with Crippen molar-refractivity contribution in [3.05, 3.63) is 41.5 Å². The van der Waals surface area contributed by atoms with Gasteiger partial charge < -0.3 is 10.2 Å². The number of carbonyl (C=O) groups is 1. The van der Waals surface area contributed by atoms with Gasteiger partial charge in [-0.2, -0.15) is 0 Å². The summed E-state index contributed by atoms with van der Waals surface area (Å²) in [6.07, 6.45) is 4.01. The monoisotopic (exact) mass is 216 g/mol. The van der Waals surface area contributed by atoms with Crippen LogP contribution in [0.5, 0.6) is 0 Å². The van der Waals surface area contributed by atoms with Gasteiger partial charge in [-0.25, -0.2) is 4.79 Å². The Labute approximate surface area is 95.8 Å². The van der Waals surface area contributed by atoms with Crippen molar-refractivity contribution in [2.24, 2.45) is 0 Å². The minimum atomic E-state index is -0.0290. The number of carbonyl (C=O) groups excluding carboxylic acids is 1. The van der Waals surface area contributed by atoms with E-state index in [1.54, 1.807) is 4.90 Å². The fourth-order valence-corrected chi connectivity index (χ4v) is 1.72. The van der Waals surface area contributed by atoms with Gasteiger partial charge in [0, 0.05) is 18.8 Å². The molecular weight excluding hydrogens is 200 g/mol. The zero-order valence-electron chi connectivity index (χ0n) is 9.66. The second-order valence-electron chi connectivity index (χ2n) is 4.05. The van der Waals surface area contributed by atoms with E-state index in [2.05, 4.69) is 5.32 Å². The highest BCUT2D eigenvalue weighted by atomic mass is 16.2. The summed E-state index contributed by atoms with van der Waals surface area (Å²) in [5, 5.41) is 2.94. The van der Waals surface area contributed by atoms with Gasteiger partial charge in [-0.05, 0) is 31.0 Å². The van der Waals surface area contributed by atoms with E-state index in [9.17, 15) is 4.79 Å². The number of amides is 2. The summed E-state index contributed by atoms with van der Waals surface area (Å²) < 4.78 is 0. The lowest BCUT2D eigenvalue weighted by Gasteiger charge is -2.17. The molecule has 0 bridgehead atoms. The highest BCUT2D eigenvalue weighted by molar-refractivity contribution is 5.90. The number of nitrogens with one attached hydrogen (secondary N) is 1. The number of benzene rings is 1. The fraction of sp³-hybridized carbons (Fsp3) is 0.308. The van der Waals surface area contributed by atoms with Gasteiger partial charge in [0.05, 0.1) is 0 Å². The number of anilines is 1. The Morgan fingerprint density at radius 1 is 1.25 bits per heavy atom. The van der Waals surface area contributed by atoms with Crippen LogP contribution in [0.25, 0.3) is 0 Å². The predicted molar refractivity (Wildman–Crippen MR) is 65.6 cm³/mol. The van der Waals surface area contributed by atoms with Crippen molar-refractivity contribution in [2.75, 3.05) is 18.4 Å². The molecule has 1 N–H and O–H groups in total. The fourth-order valence-electron chi connectivity index (χ4n) is 1.72. The molecule has 0 atom stereocenters. The highest BCUT2D eigenvalue weighted by Gasteiger charge is 2.14. The number of rotatable bonds is 1. The molecule has 0 aliphatic carbocycles. The van der Waals surface area contributed by atoms with Crippen LogP contribution in [-0.2, 0) is 0 Å². The maximum absolute atomic E-state index is 11.9. The minimum Gasteiger partial charge on any atom is -0.317 e. The Bertz CT molecular complexity index is 430. The number of hydrogen-bond acceptors (Lipinski definition) is 1. The first kappa shape index (κ1) is 10.7. The smallest absolute Gasteiger partial charge is 0.317 e. The van der Waals surface area contributed by atoms with E-state index >= 15 is 0 Å². The van der Waals surface area contributed by atoms with Crippen LogP contribution in [0.2, 0.25) is 0 Å². The average molecular weight is 216 g/mol. The van der Waals surface area contributed by atoms with Crippen LogP contribution < -0.4 is 5.32 Å². The molecule has 1 aliphatic heterocycles. The van der Waals surface area contributed by atoms with Crippen molar-refractivity contribution in [1.29, 1.82) is 0 Å². The Morgan fingerprint density at radius 3 is 2.62 bits per heavy atom. The van der Waals surface area contributed by atoms with E-state index in [1.165, 1.54) is 5.56 Å². The first-order valence-electron chi connectivity index (χ1n) is 5.45. The summed E-state index contributed by atoms with van der Waals surface area (Å²) in [6, 6.07) is 5.91. The van der Waals surface area contributed by atoms with Crippen LogP contribution in [0.15, 0.2) is 30.4 Å². The number of aryl methyl sites for hydroxylation is 1. The normalized spacial score (nSPS) is 14.2. The van der Waals surface area contributed by atoms with Crippen LogP contribution in [-0.4, -0.2) is 24.0 Å². The topological polar surface area (TPSA) is 32.3 Å². The summed E-state index contributed by atoms with van der Waals surface area (Å²) in [6.45, 7) is 5.48. The lowest BCUT2D eigenvalue weighted by Crippen LogP contribution is -2.32. The van der Waals surface area contributed by atoms with Crippen LogP contribution in [0, 0.1) is 13.8 Å². The molecule has 16 heavy (non-hydrogen) atoms. The van der Waals surface area contributed by atoms with Gasteiger partial charge in [-0.3, -0.25) is 0 Å². The van der Waals surface area contributed by atoms with E-state index in [4.69, 9.17) is 0 Å². The SMILES string of the molecule is Cc1cccc(NC(=O)N2CC=CC2)c1C. The molecule has 1 aliphatic rings. The number of hydrogen-bond donors (Lipinski definition) is 1. The second-order valence-corrected chi connectivity index (χ2v) is 4.05. The quantitative estimate of drug-likeness (QED) is 0.719. The molecule has 0 spiro atoms. The lowest BCUT2D eigenvalue weighted by atomic mass is 10.1.